The molecule has 1 aromatic carbocycles. The van der Waals surface area contributed by atoms with Crippen LogP contribution in [0.5, 0.6) is 0 Å². The Kier molecular flexibility index (Phi) is 5.19. The van der Waals surface area contributed by atoms with Gasteiger partial charge in [0, 0.05) is 19.3 Å². The highest BCUT2D eigenvalue weighted by atomic mass is 19.4. The van der Waals surface area contributed by atoms with Crippen molar-refractivity contribution >= 4 is 11.7 Å². The first-order valence-corrected chi connectivity index (χ1v) is 9.69. The van der Waals surface area contributed by atoms with Crippen LogP contribution in [0.4, 0.5) is 23.4 Å². The molecule has 0 saturated carbocycles. The number of aryl methyl sites for hydroxylation is 1. The summed E-state index contributed by atoms with van der Waals surface area (Å²) in [6.07, 6.45) is -0.556. The minimum absolute atomic E-state index is 0.126. The van der Waals surface area contributed by atoms with Crippen LogP contribution in [-0.2, 0) is 17.4 Å². The number of nitrogens with zero attached hydrogens (tertiary/aromatic N) is 2. The van der Waals surface area contributed by atoms with Crippen LogP contribution < -0.4 is 10.2 Å². The first kappa shape index (κ1) is 19.7. The second kappa shape index (κ2) is 7.65. The van der Waals surface area contributed by atoms with Gasteiger partial charge in [0.25, 0.3) is 0 Å². The number of carbonyl (C=O) groups excluding carboxylic acids is 1. The maximum Gasteiger partial charge on any atom is 0.419 e. The first-order chi connectivity index (χ1) is 13.8. The molecule has 8 heteroatoms. The van der Waals surface area contributed by atoms with Crippen LogP contribution in [0.2, 0.25) is 0 Å². The molecular weight excluding hydrogens is 386 g/mol. The van der Waals surface area contributed by atoms with Crippen molar-refractivity contribution in [2.24, 2.45) is 5.92 Å². The second-order valence-electron chi connectivity index (χ2n) is 7.60. The first-order valence-electron chi connectivity index (χ1n) is 9.69. The summed E-state index contributed by atoms with van der Waals surface area (Å²) in [4.78, 5) is 18.3. The van der Waals surface area contributed by atoms with Crippen molar-refractivity contribution in [1.82, 2.24) is 10.3 Å². The van der Waals surface area contributed by atoms with E-state index in [9.17, 15) is 22.4 Å². The van der Waals surface area contributed by atoms with E-state index in [1.54, 1.807) is 11.0 Å². The van der Waals surface area contributed by atoms with Gasteiger partial charge in [-0.1, -0.05) is 6.07 Å². The van der Waals surface area contributed by atoms with Gasteiger partial charge < -0.3 is 10.2 Å². The second-order valence-corrected chi connectivity index (χ2v) is 7.60. The Bertz CT molecular complexity index is 915. The van der Waals surface area contributed by atoms with Gasteiger partial charge in [0.1, 0.15) is 11.6 Å². The van der Waals surface area contributed by atoms with Gasteiger partial charge in [0.2, 0.25) is 5.91 Å². The lowest BCUT2D eigenvalue weighted by Gasteiger charge is -2.34. The SMILES string of the molecule is O=C(NC1CCc2cc(F)ccc21)C1CCCN(c2ncccc2C(F)(F)F)C1. The summed E-state index contributed by atoms with van der Waals surface area (Å²) < 4.78 is 53.4. The smallest absolute Gasteiger partial charge is 0.355 e. The average molecular weight is 407 g/mol. The van der Waals surface area contributed by atoms with Gasteiger partial charge in [-0.15, -0.1) is 0 Å². The number of hydrogen-bond donors (Lipinski definition) is 1. The van der Waals surface area contributed by atoms with E-state index >= 15 is 0 Å². The van der Waals surface area contributed by atoms with E-state index in [-0.39, 0.29) is 30.1 Å². The molecule has 4 rings (SSSR count). The molecule has 0 radical (unpaired) electrons. The largest absolute Gasteiger partial charge is 0.419 e. The van der Waals surface area contributed by atoms with Crippen LogP contribution in [0.15, 0.2) is 36.5 Å². The zero-order valence-electron chi connectivity index (χ0n) is 15.7. The van der Waals surface area contributed by atoms with Gasteiger partial charge in [-0.05, 0) is 61.1 Å². The van der Waals surface area contributed by atoms with Crippen LogP contribution in [0.25, 0.3) is 0 Å². The molecule has 2 atom stereocenters. The van der Waals surface area contributed by atoms with Gasteiger partial charge >= 0.3 is 6.18 Å². The van der Waals surface area contributed by atoms with E-state index in [0.717, 1.165) is 17.2 Å². The van der Waals surface area contributed by atoms with Crippen LogP contribution in [-0.4, -0.2) is 24.0 Å². The minimum Gasteiger partial charge on any atom is -0.355 e. The number of alkyl halides is 3. The molecule has 1 aromatic heterocycles. The molecule has 1 aliphatic carbocycles. The molecule has 1 aliphatic heterocycles. The number of hydrogen-bond acceptors (Lipinski definition) is 3. The summed E-state index contributed by atoms with van der Waals surface area (Å²) in [5, 5.41) is 3.01. The van der Waals surface area contributed by atoms with E-state index in [4.69, 9.17) is 0 Å². The lowest BCUT2D eigenvalue weighted by atomic mass is 9.96. The molecule has 154 valence electrons. The Morgan fingerprint density at radius 1 is 1.21 bits per heavy atom. The third kappa shape index (κ3) is 4.06. The normalized spacial score (nSPS) is 21.7. The standard InChI is InChI=1S/C21H21F4N3O/c22-15-6-7-16-13(11-15)5-8-18(16)27-20(29)14-3-2-10-28(12-14)19-17(21(23,24)25)4-1-9-26-19/h1,4,6-7,9,11,14,18H,2-3,5,8,10,12H2,(H,27,29). The Morgan fingerprint density at radius 3 is 2.83 bits per heavy atom. The zero-order valence-corrected chi connectivity index (χ0v) is 15.7. The number of rotatable bonds is 3. The Balaban J connectivity index is 1.47. The Labute approximate surface area is 165 Å². The summed E-state index contributed by atoms with van der Waals surface area (Å²) in [5.74, 6) is -1.02. The van der Waals surface area contributed by atoms with Crippen molar-refractivity contribution in [3.63, 3.8) is 0 Å². The molecule has 2 aliphatic rings. The third-order valence-electron chi connectivity index (χ3n) is 5.68. The zero-order chi connectivity index (χ0) is 20.6. The van der Waals surface area contributed by atoms with Crippen LogP contribution in [0.1, 0.15) is 42.0 Å². The quantitative estimate of drug-likeness (QED) is 0.774. The summed E-state index contributed by atoms with van der Waals surface area (Å²) in [5.41, 5.74) is 1.02. The fourth-order valence-electron chi connectivity index (χ4n) is 4.28. The van der Waals surface area contributed by atoms with E-state index in [2.05, 4.69) is 10.3 Å². The van der Waals surface area contributed by atoms with E-state index in [1.807, 2.05) is 0 Å². The molecule has 0 bridgehead atoms. The average Bonchev–Trinajstić information content (AvgIpc) is 3.09. The van der Waals surface area contributed by atoms with Crippen molar-refractivity contribution in [3.8, 4) is 0 Å². The van der Waals surface area contributed by atoms with Gasteiger partial charge in [-0.25, -0.2) is 9.37 Å². The number of benzene rings is 1. The topological polar surface area (TPSA) is 45.2 Å². The van der Waals surface area contributed by atoms with E-state index in [0.29, 0.717) is 32.2 Å². The van der Waals surface area contributed by atoms with Crippen LogP contribution in [0.3, 0.4) is 0 Å². The third-order valence-corrected chi connectivity index (χ3v) is 5.68. The van der Waals surface area contributed by atoms with Gasteiger partial charge in [0.05, 0.1) is 17.5 Å². The summed E-state index contributed by atoms with van der Waals surface area (Å²) in [7, 11) is 0. The predicted octanol–water partition coefficient (Wildman–Crippen LogP) is 4.26. The van der Waals surface area contributed by atoms with Crippen molar-refractivity contribution in [2.75, 3.05) is 18.0 Å². The number of amides is 1. The van der Waals surface area contributed by atoms with Crippen molar-refractivity contribution in [2.45, 2.75) is 37.9 Å². The molecule has 1 N–H and O–H groups in total. The number of fused-ring (bicyclic) bond motifs is 1. The Hall–Kier alpha value is -2.64. The minimum atomic E-state index is -4.50. The number of pyridine rings is 1. The van der Waals surface area contributed by atoms with Crippen LogP contribution >= 0.6 is 0 Å². The number of nitrogens with one attached hydrogen (secondary N) is 1. The van der Waals surface area contributed by atoms with Crippen molar-refractivity contribution in [3.05, 3.63) is 59.0 Å². The maximum atomic E-state index is 13.4. The maximum absolute atomic E-state index is 13.4. The van der Waals surface area contributed by atoms with E-state index in [1.165, 1.54) is 24.4 Å². The molecule has 1 amide bonds. The molecule has 1 fully saturated rings. The molecular formula is C21H21F4N3O. The number of halogens is 4. The number of aromatic nitrogens is 1. The summed E-state index contributed by atoms with van der Waals surface area (Å²) in [6.45, 7) is 0.615. The molecule has 1 saturated heterocycles. The lowest BCUT2D eigenvalue weighted by Crippen LogP contribution is -2.44. The van der Waals surface area contributed by atoms with Crippen molar-refractivity contribution < 1.29 is 22.4 Å². The molecule has 4 nitrogen and oxygen atoms in total. The number of piperidine rings is 1. The summed E-state index contributed by atoms with van der Waals surface area (Å²) in [6, 6.07) is 6.66. The van der Waals surface area contributed by atoms with E-state index < -0.39 is 17.7 Å². The monoisotopic (exact) mass is 407 g/mol. The van der Waals surface area contributed by atoms with Gasteiger partial charge in [-0.3, -0.25) is 4.79 Å². The summed E-state index contributed by atoms with van der Waals surface area (Å²) >= 11 is 0. The highest BCUT2D eigenvalue weighted by Crippen LogP contribution is 2.37. The number of anilines is 1. The molecule has 0 spiro atoms. The predicted molar refractivity (Wildman–Crippen MR) is 99.8 cm³/mol. The molecule has 2 heterocycles. The van der Waals surface area contributed by atoms with Crippen molar-refractivity contribution in [1.29, 1.82) is 0 Å². The number of carbonyl (C=O) groups is 1. The molecule has 2 aromatic rings. The van der Waals surface area contributed by atoms with Gasteiger partial charge in [-0.2, -0.15) is 13.2 Å². The molecule has 2 unspecified atom stereocenters. The fourth-order valence-corrected chi connectivity index (χ4v) is 4.28. The fraction of sp³-hybridized carbons (Fsp3) is 0.429. The lowest BCUT2D eigenvalue weighted by molar-refractivity contribution is -0.137. The Morgan fingerprint density at radius 2 is 2.03 bits per heavy atom. The molecule has 29 heavy (non-hydrogen) atoms. The van der Waals surface area contributed by atoms with Crippen LogP contribution in [0, 0.1) is 11.7 Å². The highest BCUT2D eigenvalue weighted by molar-refractivity contribution is 5.80. The highest BCUT2D eigenvalue weighted by Gasteiger charge is 2.37. The van der Waals surface area contributed by atoms with Gasteiger partial charge in [0.15, 0.2) is 0 Å².